The predicted molar refractivity (Wildman–Crippen MR) is 72.6 cm³/mol. The Bertz CT molecular complexity index is 436. The topological polar surface area (TPSA) is 75.5 Å². The van der Waals surface area contributed by atoms with Crippen LogP contribution >= 0.6 is 11.8 Å². The molecule has 1 aromatic heterocycles. The lowest BCUT2D eigenvalue weighted by molar-refractivity contribution is -0.144. The highest BCUT2D eigenvalue weighted by Gasteiger charge is 2.21. The lowest BCUT2D eigenvalue weighted by Crippen LogP contribution is -2.38. The Labute approximate surface area is 116 Å². The minimum Gasteiger partial charge on any atom is -0.480 e. The Morgan fingerprint density at radius 3 is 2.89 bits per heavy atom. The van der Waals surface area contributed by atoms with Gasteiger partial charge >= 0.3 is 5.97 Å². The van der Waals surface area contributed by atoms with Crippen LogP contribution in [0.5, 0.6) is 0 Å². The number of aliphatic carboxylic acids is 1. The van der Waals surface area contributed by atoms with Gasteiger partial charge in [-0.3, -0.25) is 0 Å². The van der Waals surface area contributed by atoms with Crippen LogP contribution in [-0.4, -0.2) is 53.1 Å². The molecule has 6 nitrogen and oxygen atoms in total. The Hall–Kier alpha value is -1.34. The standard InChI is InChI=1S/C12H17N3O3S/c1-19-11-6-10(13-8-14-11)15-4-2-9(3-5-15)18-7-12(16)17/h6,8-9H,2-5,7H2,1H3,(H,16,17). The molecule has 0 radical (unpaired) electrons. The molecule has 0 aromatic carbocycles. The van der Waals surface area contributed by atoms with E-state index >= 15 is 0 Å². The number of hydrogen-bond acceptors (Lipinski definition) is 6. The Balaban J connectivity index is 1.87. The van der Waals surface area contributed by atoms with E-state index in [0.717, 1.165) is 36.8 Å². The smallest absolute Gasteiger partial charge is 0.329 e. The van der Waals surface area contributed by atoms with Gasteiger partial charge in [-0.05, 0) is 19.1 Å². The van der Waals surface area contributed by atoms with Crippen molar-refractivity contribution in [1.29, 1.82) is 0 Å². The highest BCUT2D eigenvalue weighted by atomic mass is 32.2. The second kappa shape index (κ2) is 6.72. The summed E-state index contributed by atoms with van der Waals surface area (Å²) in [6.07, 6.45) is 5.25. The summed E-state index contributed by atoms with van der Waals surface area (Å²) in [7, 11) is 0. The number of aromatic nitrogens is 2. The molecule has 0 saturated carbocycles. The molecule has 1 aliphatic heterocycles. The Morgan fingerprint density at radius 2 is 2.26 bits per heavy atom. The van der Waals surface area contributed by atoms with Crippen molar-refractivity contribution in [2.75, 3.05) is 30.9 Å². The molecule has 0 atom stereocenters. The summed E-state index contributed by atoms with van der Waals surface area (Å²) in [5.41, 5.74) is 0. The molecule has 2 heterocycles. The molecule has 0 amide bonds. The monoisotopic (exact) mass is 283 g/mol. The van der Waals surface area contributed by atoms with Crippen LogP contribution in [0.15, 0.2) is 17.4 Å². The molecule has 1 aliphatic rings. The van der Waals surface area contributed by atoms with E-state index in [1.165, 1.54) is 0 Å². The van der Waals surface area contributed by atoms with Crippen molar-refractivity contribution in [3.05, 3.63) is 12.4 Å². The number of anilines is 1. The van der Waals surface area contributed by atoms with Crippen LogP contribution in [0.3, 0.4) is 0 Å². The van der Waals surface area contributed by atoms with Crippen molar-refractivity contribution in [1.82, 2.24) is 9.97 Å². The van der Waals surface area contributed by atoms with Crippen LogP contribution < -0.4 is 4.90 Å². The first-order valence-electron chi connectivity index (χ1n) is 6.13. The van der Waals surface area contributed by atoms with E-state index in [2.05, 4.69) is 14.9 Å². The van der Waals surface area contributed by atoms with E-state index in [-0.39, 0.29) is 12.7 Å². The molecular formula is C12H17N3O3S. The molecule has 0 unspecified atom stereocenters. The van der Waals surface area contributed by atoms with Crippen LogP contribution in [-0.2, 0) is 9.53 Å². The molecule has 1 saturated heterocycles. The quantitative estimate of drug-likeness (QED) is 0.644. The van der Waals surface area contributed by atoms with Gasteiger partial charge in [-0.15, -0.1) is 11.8 Å². The number of thioether (sulfide) groups is 1. The van der Waals surface area contributed by atoms with Crippen LogP contribution in [0.4, 0.5) is 5.82 Å². The van der Waals surface area contributed by atoms with Crippen molar-refractivity contribution in [3.8, 4) is 0 Å². The third-order valence-corrected chi connectivity index (χ3v) is 3.69. The molecule has 0 aliphatic carbocycles. The molecule has 0 spiro atoms. The summed E-state index contributed by atoms with van der Waals surface area (Å²) in [5.74, 6) is 0.0128. The number of ether oxygens (including phenoxy) is 1. The number of rotatable bonds is 5. The van der Waals surface area contributed by atoms with E-state index in [1.54, 1.807) is 18.1 Å². The fourth-order valence-electron chi connectivity index (χ4n) is 2.06. The van der Waals surface area contributed by atoms with Gasteiger partial charge in [0, 0.05) is 19.2 Å². The number of carbonyl (C=O) groups is 1. The number of nitrogens with zero attached hydrogens (tertiary/aromatic N) is 3. The van der Waals surface area contributed by atoms with Gasteiger partial charge < -0.3 is 14.7 Å². The van der Waals surface area contributed by atoms with Gasteiger partial charge in [-0.1, -0.05) is 0 Å². The summed E-state index contributed by atoms with van der Waals surface area (Å²) < 4.78 is 5.31. The first-order chi connectivity index (χ1) is 9.19. The maximum Gasteiger partial charge on any atom is 0.329 e. The molecular weight excluding hydrogens is 266 g/mol. The maximum atomic E-state index is 10.4. The van der Waals surface area contributed by atoms with Gasteiger partial charge in [-0.2, -0.15) is 0 Å². The van der Waals surface area contributed by atoms with E-state index in [1.807, 2.05) is 12.3 Å². The number of carboxylic acid groups (broad SMARTS) is 1. The van der Waals surface area contributed by atoms with Gasteiger partial charge in [0.05, 0.1) is 6.10 Å². The van der Waals surface area contributed by atoms with E-state index in [9.17, 15) is 4.79 Å². The molecule has 0 bridgehead atoms. The fourth-order valence-corrected chi connectivity index (χ4v) is 2.43. The van der Waals surface area contributed by atoms with Crippen molar-refractivity contribution < 1.29 is 14.6 Å². The maximum absolute atomic E-state index is 10.4. The first-order valence-corrected chi connectivity index (χ1v) is 7.36. The molecule has 7 heteroatoms. The zero-order valence-electron chi connectivity index (χ0n) is 10.8. The Kier molecular flexibility index (Phi) is 4.98. The summed E-state index contributed by atoms with van der Waals surface area (Å²) >= 11 is 1.59. The van der Waals surface area contributed by atoms with Crippen LogP contribution in [0.2, 0.25) is 0 Å². The highest BCUT2D eigenvalue weighted by molar-refractivity contribution is 7.98. The van der Waals surface area contributed by atoms with Crippen molar-refractivity contribution in [3.63, 3.8) is 0 Å². The SMILES string of the molecule is CSc1cc(N2CCC(OCC(=O)O)CC2)ncn1. The van der Waals surface area contributed by atoms with Crippen LogP contribution in [0.25, 0.3) is 0 Å². The van der Waals surface area contributed by atoms with Gasteiger partial charge in [0.1, 0.15) is 23.8 Å². The van der Waals surface area contributed by atoms with Crippen molar-refractivity contribution >= 4 is 23.5 Å². The minimum absolute atomic E-state index is 0.0363. The summed E-state index contributed by atoms with van der Waals surface area (Å²) in [5, 5.41) is 9.53. The van der Waals surface area contributed by atoms with Gasteiger partial charge in [-0.25, -0.2) is 14.8 Å². The van der Waals surface area contributed by atoms with E-state index < -0.39 is 5.97 Å². The molecule has 104 valence electrons. The van der Waals surface area contributed by atoms with E-state index in [0.29, 0.717) is 0 Å². The zero-order valence-corrected chi connectivity index (χ0v) is 11.6. The fraction of sp³-hybridized carbons (Fsp3) is 0.583. The third kappa shape index (κ3) is 4.07. The van der Waals surface area contributed by atoms with Gasteiger partial charge in [0.25, 0.3) is 0 Å². The summed E-state index contributed by atoms with van der Waals surface area (Å²) in [6.45, 7) is 1.44. The van der Waals surface area contributed by atoms with Gasteiger partial charge in [0.15, 0.2) is 0 Å². The molecule has 1 fully saturated rings. The highest BCUT2D eigenvalue weighted by Crippen LogP contribution is 2.22. The number of piperidine rings is 1. The van der Waals surface area contributed by atoms with Gasteiger partial charge in [0.2, 0.25) is 0 Å². The zero-order chi connectivity index (χ0) is 13.7. The average molecular weight is 283 g/mol. The normalized spacial score (nSPS) is 16.6. The lowest BCUT2D eigenvalue weighted by Gasteiger charge is -2.32. The number of hydrogen-bond donors (Lipinski definition) is 1. The average Bonchev–Trinajstić information content (AvgIpc) is 2.45. The van der Waals surface area contributed by atoms with Crippen molar-refractivity contribution in [2.45, 2.75) is 24.0 Å². The van der Waals surface area contributed by atoms with Crippen LogP contribution in [0.1, 0.15) is 12.8 Å². The largest absolute Gasteiger partial charge is 0.480 e. The molecule has 1 N–H and O–H groups in total. The summed E-state index contributed by atoms with van der Waals surface area (Å²) in [6, 6.07) is 1.98. The van der Waals surface area contributed by atoms with Crippen LogP contribution in [0, 0.1) is 0 Å². The second-order valence-corrected chi connectivity index (χ2v) is 5.14. The summed E-state index contributed by atoms with van der Waals surface area (Å²) in [4.78, 5) is 21.1. The predicted octanol–water partition coefficient (Wildman–Crippen LogP) is 1.27. The number of carboxylic acids is 1. The lowest BCUT2D eigenvalue weighted by atomic mass is 10.1. The van der Waals surface area contributed by atoms with E-state index in [4.69, 9.17) is 9.84 Å². The molecule has 2 rings (SSSR count). The second-order valence-electron chi connectivity index (χ2n) is 4.31. The Morgan fingerprint density at radius 1 is 1.53 bits per heavy atom. The third-order valence-electron chi connectivity index (χ3n) is 3.05. The first kappa shape index (κ1) is 14.1. The molecule has 1 aromatic rings. The molecule has 19 heavy (non-hydrogen) atoms. The minimum atomic E-state index is -0.914. The van der Waals surface area contributed by atoms with Crippen molar-refractivity contribution in [2.24, 2.45) is 0 Å².